The second-order valence-corrected chi connectivity index (χ2v) is 5.94. The highest BCUT2D eigenvalue weighted by atomic mass is 16.5. The SMILES string of the molecule is CCCCCOc1ccc(C=C(CC)CNC2CC2)cc1. The van der Waals surface area contributed by atoms with Gasteiger partial charge in [-0.2, -0.15) is 0 Å². The third-order valence-electron chi connectivity index (χ3n) is 3.92. The van der Waals surface area contributed by atoms with Crippen molar-refractivity contribution in [2.24, 2.45) is 0 Å². The lowest BCUT2D eigenvalue weighted by Crippen LogP contribution is -2.18. The van der Waals surface area contributed by atoms with Gasteiger partial charge in [-0.1, -0.05) is 50.5 Å². The fourth-order valence-corrected chi connectivity index (χ4v) is 2.28. The summed E-state index contributed by atoms with van der Waals surface area (Å²) in [5, 5.41) is 3.59. The van der Waals surface area contributed by atoms with Crippen LogP contribution in [0.2, 0.25) is 0 Å². The molecule has 0 amide bonds. The lowest BCUT2D eigenvalue weighted by Gasteiger charge is -2.08. The van der Waals surface area contributed by atoms with Gasteiger partial charge < -0.3 is 10.1 Å². The third kappa shape index (κ3) is 6.34. The molecule has 0 aliphatic heterocycles. The average molecular weight is 287 g/mol. The number of hydrogen-bond acceptors (Lipinski definition) is 2. The second-order valence-electron chi connectivity index (χ2n) is 5.94. The molecule has 2 heteroatoms. The van der Waals surface area contributed by atoms with Crippen LogP contribution >= 0.6 is 0 Å². The summed E-state index contributed by atoms with van der Waals surface area (Å²) in [6.45, 7) is 6.29. The zero-order valence-electron chi connectivity index (χ0n) is 13.5. The van der Waals surface area contributed by atoms with Crippen molar-refractivity contribution >= 4 is 6.08 Å². The van der Waals surface area contributed by atoms with Crippen LogP contribution < -0.4 is 10.1 Å². The molecular formula is C19H29NO. The van der Waals surface area contributed by atoms with Crippen molar-refractivity contribution in [2.45, 2.75) is 58.4 Å². The maximum absolute atomic E-state index is 5.75. The van der Waals surface area contributed by atoms with E-state index < -0.39 is 0 Å². The molecule has 116 valence electrons. The smallest absolute Gasteiger partial charge is 0.119 e. The Morgan fingerprint density at radius 1 is 1.19 bits per heavy atom. The summed E-state index contributed by atoms with van der Waals surface area (Å²) in [5.41, 5.74) is 2.74. The van der Waals surface area contributed by atoms with Crippen LogP contribution in [0, 0.1) is 0 Å². The van der Waals surface area contributed by atoms with Gasteiger partial charge in [-0.3, -0.25) is 0 Å². The molecule has 1 fully saturated rings. The standard InChI is InChI=1S/C19H29NO/c1-3-5-6-13-21-19-11-7-17(8-12-19)14-16(4-2)15-20-18-9-10-18/h7-8,11-12,14,18,20H,3-6,9-10,13,15H2,1-2H3. The fraction of sp³-hybridized carbons (Fsp3) is 0.579. The zero-order valence-corrected chi connectivity index (χ0v) is 13.5. The van der Waals surface area contributed by atoms with Crippen LogP contribution in [0.5, 0.6) is 5.75 Å². The number of rotatable bonds is 10. The molecule has 0 atom stereocenters. The van der Waals surface area contributed by atoms with Crippen molar-refractivity contribution in [3.63, 3.8) is 0 Å². The predicted octanol–water partition coefficient (Wildman–Crippen LogP) is 4.80. The van der Waals surface area contributed by atoms with Gasteiger partial charge in [0.25, 0.3) is 0 Å². The van der Waals surface area contributed by atoms with E-state index in [1.165, 1.54) is 36.8 Å². The molecule has 0 bridgehead atoms. The minimum absolute atomic E-state index is 0.777. The number of nitrogens with one attached hydrogen (secondary N) is 1. The topological polar surface area (TPSA) is 21.3 Å². The highest BCUT2D eigenvalue weighted by Crippen LogP contribution is 2.20. The van der Waals surface area contributed by atoms with Crippen molar-refractivity contribution < 1.29 is 4.74 Å². The monoisotopic (exact) mass is 287 g/mol. The van der Waals surface area contributed by atoms with Crippen LogP contribution in [0.3, 0.4) is 0 Å². The highest BCUT2D eigenvalue weighted by Gasteiger charge is 2.19. The van der Waals surface area contributed by atoms with Crippen LogP contribution in [-0.2, 0) is 0 Å². The summed E-state index contributed by atoms with van der Waals surface area (Å²) in [4.78, 5) is 0. The largest absolute Gasteiger partial charge is 0.494 e. The minimum Gasteiger partial charge on any atom is -0.494 e. The first kappa shape index (κ1) is 16.1. The normalized spacial score (nSPS) is 15.2. The van der Waals surface area contributed by atoms with Gasteiger partial charge >= 0.3 is 0 Å². The molecule has 1 aromatic rings. The molecule has 1 aliphatic carbocycles. The van der Waals surface area contributed by atoms with E-state index in [0.29, 0.717) is 0 Å². The van der Waals surface area contributed by atoms with Crippen molar-refractivity contribution in [2.75, 3.05) is 13.2 Å². The average Bonchev–Trinajstić information content (AvgIpc) is 3.33. The van der Waals surface area contributed by atoms with Gasteiger partial charge in [0.1, 0.15) is 5.75 Å². The summed E-state index contributed by atoms with van der Waals surface area (Å²) in [5.74, 6) is 0.984. The molecule has 1 N–H and O–H groups in total. The summed E-state index contributed by atoms with van der Waals surface area (Å²) < 4.78 is 5.75. The van der Waals surface area contributed by atoms with Crippen LogP contribution in [-0.4, -0.2) is 19.2 Å². The van der Waals surface area contributed by atoms with E-state index >= 15 is 0 Å². The lowest BCUT2D eigenvalue weighted by molar-refractivity contribution is 0.306. The van der Waals surface area contributed by atoms with E-state index in [2.05, 4.69) is 49.5 Å². The predicted molar refractivity (Wildman–Crippen MR) is 90.8 cm³/mol. The molecule has 21 heavy (non-hydrogen) atoms. The van der Waals surface area contributed by atoms with Crippen molar-refractivity contribution in [1.82, 2.24) is 5.32 Å². The second kappa shape index (κ2) is 8.89. The van der Waals surface area contributed by atoms with E-state index in [1.807, 2.05) is 0 Å². The quantitative estimate of drug-likeness (QED) is 0.624. The van der Waals surface area contributed by atoms with Gasteiger partial charge in [-0.05, 0) is 43.4 Å². The van der Waals surface area contributed by atoms with Crippen LogP contribution in [0.25, 0.3) is 6.08 Å². The van der Waals surface area contributed by atoms with Gasteiger partial charge in [-0.15, -0.1) is 0 Å². The molecule has 2 nitrogen and oxygen atoms in total. The van der Waals surface area contributed by atoms with E-state index in [4.69, 9.17) is 4.74 Å². The summed E-state index contributed by atoms with van der Waals surface area (Å²) in [6.07, 6.45) is 9.73. The molecule has 0 heterocycles. The third-order valence-corrected chi connectivity index (χ3v) is 3.92. The summed E-state index contributed by atoms with van der Waals surface area (Å²) in [6, 6.07) is 9.25. The number of benzene rings is 1. The Hall–Kier alpha value is -1.28. The molecule has 0 spiro atoms. The number of ether oxygens (including phenoxy) is 1. The Morgan fingerprint density at radius 2 is 1.95 bits per heavy atom. The molecule has 0 unspecified atom stereocenters. The van der Waals surface area contributed by atoms with Gasteiger partial charge in [0, 0.05) is 12.6 Å². The molecule has 0 aromatic heterocycles. The van der Waals surface area contributed by atoms with Crippen LogP contribution in [0.15, 0.2) is 29.8 Å². The fourth-order valence-electron chi connectivity index (χ4n) is 2.28. The van der Waals surface area contributed by atoms with Gasteiger partial charge in [0.15, 0.2) is 0 Å². The summed E-state index contributed by atoms with van der Waals surface area (Å²) in [7, 11) is 0. The number of unbranched alkanes of at least 4 members (excludes halogenated alkanes) is 2. The molecule has 0 saturated heterocycles. The van der Waals surface area contributed by atoms with Crippen molar-refractivity contribution in [1.29, 1.82) is 0 Å². The van der Waals surface area contributed by atoms with E-state index in [1.54, 1.807) is 0 Å². The maximum atomic E-state index is 5.75. The summed E-state index contributed by atoms with van der Waals surface area (Å²) >= 11 is 0. The van der Waals surface area contributed by atoms with Gasteiger partial charge in [0.05, 0.1) is 6.61 Å². The first-order chi connectivity index (χ1) is 10.3. The van der Waals surface area contributed by atoms with Gasteiger partial charge in [-0.25, -0.2) is 0 Å². The minimum atomic E-state index is 0.777. The Labute approximate surface area is 129 Å². The maximum Gasteiger partial charge on any atom is 0.119 e. The van der Waals surface area contributed by atoms with Crippen LogP contribution in [0.1, 0.15) is 57.9 Å². The lowest BCUT2D eigenvalue weighted by atomic mass is 10.1. The van der Waals surface area contributed by atoms with E-state index in [0.717, 1.165) is 37.8 Å². The molecular weight excluding hydrogens is 258 g/mol. The molecule has 1 aliphatic rings. The number of hydrogen-bond donors (Lipinski definition) is 1. The first-order valence-electron chi connectivity index (χ1n) is 8.47. The Bertz CT molecular complexity index is 431. The highest BCUT2D eigenvalue weighted by molar-refractivity contribution is 5.54. The van der Waals surface area contributed by atoms with Crippen molar-refractivity contribution in [3.05, 3.63) is 35.4 Å². The van der Waals surface area contributed by atoms with Gasteiger partial charge in [0.2, 0.25) is 0 Å². The Kier molecular flexibility index (Phi) is 6.81. The van der Waals surface area contributed by atoms with Crippen molar-refractivity contribution in [3.8, 4) is 5.75 Å². The molecule has 1 saturated carbocycles. The van der Waals surface area contributed by atoms with E-state index in [9.17, 15) is 0 Å². The molecule has 0 radical (unpaired) electrons. The first-order valence-corrected chi connectivity index (χ1v) is 8.47. The zero-order chi connectivity index (χ0) is 14.9. The Morgan fingerprint density at radius 3 is 2.57 bits per heavy atom. The van der Waals surface area contributed by atoms with Crippen LogP contribution in [0.4, 0.5) is 0 Å². The van der Waals surface area contributed by atoms with E-state index in [-0.39, 0.29) is 0 Å². The molecule has 2 rings (SSSR count). The Balaban J connectivity index is 1.81. The molecule has 1 aromatic carbocycles.